The van der Waals surface area contributed by atoms with Crippen LogP contribution in [-0.4, -0.2) is 25.7 Å². The summed E-state index contributed by atoms with van der Waals surface area (Å²) in [5.41, 5.74) is 3.75. The minimum absolute atomic E-state index is 0.0289. The maximum absolute atomic E-state index is 11.9. The molecule has 2 amide bonds. The van der Waals surface area contributed by atoms with Crippen LogP contribution in [0.3, 0.4) is 0 Å². The molecule has 2 rings (SSSR count). The first kappa shape index (κ1) is 17.0. The van der Waals surface area contributed by atoms with Crippen LogP contribution < -0.4 is 10.6 Å². The molecule has 2 N–H and O–H groups in total. The Bertz CT molecular complexity index is 815. The number of hydrogen-bond acceptors (Lipinski definition) is 4. The Kier molecular flexibility index (Phi) is 5.00. The fraction of sp³-hybridized carbons (Fsp3) is 0.250. The number of nitrogens with zero attached hydrogens (tertiary/aromatic N) is 1. The molecule has 1 aromatic heterocycles. The summed E-state index contributed by atoms with van der Waals surface area (Å²) in [7, 11) is -3.34. The van der Waals surface area contributed by atoms with Gasteiger partial charge in [0.1, 0.15) is 0 Å². The number of hydrogen-bond donors (Lipinski definition) is 2. The number of carbonyl (C=O) groups is 1. The number of aryl methyl sites for hydroxylation is 2. The average Bonchev–Trinajstić information content (AvgIpc) is 2.46. The molecule has 0 bridgehead atoms. The highest BCUT2D eigenvalue weighted by Gasteiger charge is 2.09. The van der Waals surface area contributed by atoms with E-state index in [1.165, 1.54) is 23.9 Å². The highest BCUT2D eigenvalue weighted by molar-refractivity contribution is 7.90. The van der Waals surface area contributed by atoms with Gasteiger partial charge in [0.15, 0.2) is 14.9 Å². The molecular weight excluding hydrogens is 314 g/mol. The third-order valence-electron chi connectivity index (χ3n) is 3.31. The van der Waals surface area contributed by atoms with Crippen LogP contribution in [-0.2, 0) is 16.4 Å². The van der Waals surface area contributed by atoms with Gasteiger partial charge in [-0.25, -0.2) is 18.2 Å². The predicted molar refractivity (Wildman–Crippen MR) is 89.1 cm³/mol. The minimum atomic E-state index is -3.34. The van der Waals surface area contributed by atoms with Crippen molar-refractivity contribution in [2.75, 3.05) is 11.6 Å². The summed E-state index contributed by atoms with van der Waals surface area (Å²) >= 11 is 0. The molecule has 0 radical (unpaired) electrons. The Hall–Kier alpha value is -2.41. The molecule has 7 heteroatoms. The zero-order valence-corrected chi connectivity index (χ0v) is 14.1. The molecular formula is C16H19N3O3S. The van der Waals surface area contributed by atoms with Crippen LogP contribution >= 0.6 is 0 Å². The van der Waals surface area contributed by atoms with Gasteiger partial charge in [-0.15, -0.1) is 0 Å². The summed E-state index contributed by atoms with van der Waals surface area (Å²) in [6.45, 7) is 4.42. The Balaban J connectivity index is 1.94. The standard InChI is InChI=1S/C16H19N3O3S/c1-11-4-5-13(12(2)8-11)9-18-16(20)19-14-6-7-15(17-10-14)23(3,21)22/h4-8,10H,9H2,1-3H3,(H2,18,19,20). The molecule has 1 heterocycles. The lowest BCUT2D eigenvalue weighted by atomic mass is 10.1. The van der Waals surface area contributed by atoms with Crippen molar-refractivity contribution in [3.05, 3.63) is 53.2 Å². The SMILES string of the molecule is Cc1ccc(CNC(=O)Nc2ccc(S(C)(=O)=O)nc2)c(C)c1. The maximum Gasteiger partial charge on any atom is 0.319 e. The van der Waals surface area contributed by atoms with E-state index in [1.54, 1.807) is 0 Å². The summed E-state index contributed by atoms with van der Waals surface area (Å²) in [5.74, 6) is 0. The third-order valence-corrected chi connectivity index (χ3v) is 4.31. The lowest BCUT2D eigenvalue weighted by Gasteiger charge is -2.10. The maximum atomic E-state index is 11.9. The van der Waals surface area contributed by atoms with Crippen molar-refractivity contribution in [1.29, 1.82) is 0 Å². The fourth-order valence-electron chi connectivity index (χ4n) is 2.07. The van der Waals surface area contributed by atoms with Gasteiger partial charge >= 0.3 is 6.03 Å². The normalized spacial score (nSPS) is 11.1. The van der Waals surface area contributed by atoms with Gasteiger partial charge in [-0.3, -0.25) is 0 Å². The monoisotopic (exact) mass is 333 g/mol. The van der Waals surface area contributed by atoms with Gasteiger partial charge in [0.2, 0.25) is 0 Å². The highest BCUT2D eigenvalue weighted by atomic mass is 32.2. The molecule has 0 unspecified atom stereocenters. The first-order valence-electron chi connectivity index (χ1n) is 7.03. The molecule has 0 aliphatic heterocycles. The summed E-state index contributed by atoms with van der Waals surface area (Å²) in [6, 6.07) is 8.51. The fourth-order valence-corrected chi connectivity index (χ4v) is 2.63. The first-order valence-corrected chi connectivity index (χ1v) is 8.92. The number of urea groups is 1. The van der Waals surface area contributed by atoms with E-state index < -0.39 is 9.84 Å². The zero-order valence-electron chi connectivity index (χ0n) is 13.3. The van der Waals surface area contributed by atoms with E-state index in [9.17, 15) is 13.2 Å². The summed E-state index contributed by atoms with van der Waals surface area (Å²) < 4.78 is 22.6. The van der Waals surface area contributed by atoms with Gasteiger partial charge in [0.05, 0.1) is 11.9 Å². The first-order chi connectivity index (χ1) is 10.8. The van der Waals surface area contributed by atoms with Crippen molar-refractivity contribution in [1.82, 2.24) is 10.3 Å². The van der Waals surface area contributed by atoms with E-state index >= 15 is 0 Å². The number of amides is 2. The second-order valence-electron chi connectivity index (χ2n) is 5.39. The topological polar surface area (TPSA) is 88.2 Å². The highest BCUT2D eigenvalue weighted by Crippen LogP contribution is 2.11. The molecule has 1 aromatic carbocycles. The number of aromatic nitrogens is 1. The quantitative estimate of drug-likeness (QED) is 0.899. The van der Waals surface area contributed by atoms with Gasteiger partial charge in [-0.1, -0.05) is 23.8 Å². The molecule has 0 spiro atoms. The van der Waals surface area contributed by atoms with Gasteiger partial charge < -0.3 is 10.6 Å². The molecule has 0 aliphatic rings. The van der Waals surface area contributed by atoms with E-state index in [0.717, 1.165) is 17.4 Å². The largest absolute Gasteiger partial charge is 0.334 e. The smallest absolute Gasteiger partial charge is 0.319 e. The average molecular weight is 333 g/mol. The van der Waals surface area contributed by atoms with Crippen molar-refractivity contribution in [2.45, 2.75) is 25.4 Å². The Morgan fingerprint density at radius 2 is 1.91 bits per heavy atom. The van der Waals surface area contributed by atoms with Crippen molar-refractivity contribution in [2.24, 2.45) is 0 Å². The molecule has 0 saturated heterocycles. The van der Waals surface area contributed by atoms with Crippen molar-refractivity contribution in [3.8, 4) is 0 Å². The minimum Gasteiger partial charge on any atom is -0.334 e. The van der Waals surface area contributed by atoms with E-state index in [0.29, 0.717) is 12.2 Å². The van der Waals surface area contributed by atoms with Crippen LogP contribution in [0.2, 0.25) is 0 Å². The second-order valence-corrected chi connectivity index (χ2v) is 7.36. The molecule has 0 fully saturated rings. The Morgan fingerprint density at radius 3 is 2.48 bits per heavy atom. The van der Waals surface area contributed by atoms with E-state index in [1.807, 2.05) is 26.0 Å². The summed E-state index contributed by atoms with van der Waals surface area (Å²) in [4.78, 5) is 15.7. The Morgan fingerprint density at radius 1 is 1.17 bits per heavy atom. The number of carbonyl (C=O) groups excluding carboxylic acids is 1. The lowest BCUT2D eigenvalue weighted by Crippen LogP contribution is -2.28. The summed E-state index contributed by atoms with van der Waals surface area (Å²) in [5, 5.41) is 5.34. The zero-order chi connectivity index (χ0) is 17.0. The molecule has 23 heavy (non-hydrogen) atoms. The van der Waals surface area contributed by atoms with Gasteiger partial charge in [0, 0.05) is 12.8 Å². The number of benzene rings is 1. The third kappa shape index (κ3) is 4.79. The second kappa shape index (κ2) is 6.78. The van der Waals surface area contributed by atoms with Crippen LogP contribution in [0.5, 0.6) is 0 Å². The van der Waals surface area contributed by atoms with Crippen LogP contribution in [0, 0.1) is 13.8 Å². The number of pyridine rings is 1. The number of nitrogens with one attached hydrogen (secondary N) is 2. The van der Waals surface area contributed by atoms with Gasteiger partial charge in [0.25, 0.3) is 0 Å². The van der Waals surface area contributed by atoms with E-state index in [4.69, 9.17) is 0 Å². The van der Waals surface area contributed by atoms with Crippen molar-refractivity contribution >= 4 is 21.6 Å². The Labute approximate surface area is 135 Å². The number of rotatable bonds is 4. The molecule has 122 valence electrons. The molecule has 0 aliphatic carbocycles. The van der Waals surface area contributed by atoms with E-state index in [-0.39, 0.29) is 11.1 Å². The van der Waals surface area contributed by atoms with E-state index in [2.05, 4.69) is 21.7 Å². The predicted octanol–water partition coefficient (Wildman–Crippen LogP) is 2.42. The van der Waals surface area contributed by atoms with Gasteiger partial charge in [-0.05, 0) is 37.1 Å². The number of sulfone groups is 1. The van der Waals surface area contributed by atoms with Crippen LogP contribution in [0.4, 0.5) is 10.5 Å². The van der Waals surface area contributed by atoms with Crippen molar-refractivity contribution in [3.63, 3.8) is 0 Å². The molecule has 0 atom stereocenters. The van der Waals surface area contributed by atoms with Gasteiger partial charge in [-0.2, -0.15) is 0 Å². The van der Waals surface area contributed by atoms with Crippen LogP contribution in [0.15, 0.2) is 41.6 Å². The van der Waals surface area contributed by atoms with Crippen molar-refractivity contribution < 1.29 is 13.2 Å². The number of anilines is 1. The molecule has 6 nitrogen and oxygen atoms in total. The summed E-state index contributed by atoms with van der Waals surface area (Å²) in [6.07, 6.45) is 2.39. The lowest BCUT2D eigenvalue weighted by molar-refractivity contribution is 0.251. The van der Waals surface area contributed by atoms with Crippen LogP contribution in [0.25, 0.3) is 0 Å². The van der Waals surface area contributed by atoms with Crippen LogP contribution in [0.1, 0.15) is 16.7 Å². The molecule has 2 aromatic rings. The molecule has 0 saturated carbocycles.